The van der Waals surface area contributed by atoms with E-state index in [-0.39, 0.29) is 0 Å². The first-order valence-electron chi connectivity index (χ1n) is 4.51. The number of thiazole rings is 1. The van der Waals surface area contributed by atoms with Crippen LogP contribution in [-0.2, 0) is 13.6 Å². The van der Waals surface area contributed by atoms with E-state index >= 15 is 0 Å². The molecule has 0 saturated heterocycles. The minimum atomic E-state index is 0.845. The van der Waals surface area contributed by atoms with E-state index in [1.807, 2.05) is 24.9 Å². The molecule has 3 nitrogen and oxygen atoms in total. The van der Waals surface area contributed by atoms with Crippen LogP contribution in [0.15, 0.2) is 23.8 Å². The van der Waals surface area contributed by atoms with Crippen LogP contribution in [0, 0.1) is 0 Å². The van der Waals surface area contributed by atoms with E-state index in [2.05, 4.69) is 27.9 Å². The van der Waals surface area contributed by atoms with Crippen molar-refractivity contribution in [1.82, 2.24) is 14.9 Å². The smallest absolute Gasteiger partial charge is 0.107 e. The monoisotopic (exact) mass is 207 g/mol. The average molecular weight is 207 g/mol. The summed E-state index contributed by atoms with van der Waals surface area (Å²) in [7, 11) is 3.95. The second kappa shape index (κ2) is 3.94. The maximum Gasteiger partial charge on any atom is 0.107 e. The molecule has 0 radical (unpaired) electrons. The molecule has 2 aromatic rings. The fourth-order valence-corrected chi connectivity index (χ4v) is 2.15. The lowest BCUT2D eigenvalue weighted by atomic mass is 10.3. The molecule has 4 heteroatoms. The third-order valence-corrected chi connectivity index (χ3v) is 2.86. The highest BCUT2D eigenvalue weighted by atomic mass is 32.1. The Morgan fingerprint density at radius 3 is 3.07 bits per heavy atom. The molecule has 74 valence electrons. The number of aryl methyl sites for hydroxylation is 1. The summed E-state index contributed by atoms with van der Waals surface area (Å²) in [4.78, 5) is 4.53. The fraction of sp³-hybridized carbons (Fsp3) is 0.300. The van der Waals surface area contributed by atoms with Crippen molar-refractivity contribution >= 4 is 11.3 Å². The molecule has 0 saturated carbocycles. The number of hydrogen-bond acceptors (Lipinski definition) is 3. The van der Waals surface area contributed by atoms with Gasteiger partial charge >= 0.3 is 0 Å². The molecule has 2 aromatic heterocycles. The normalized spacial score (nSPS) is 10.7. The van der Waals surface area contributed by atoms with Gasteiger partial charge in [-0.05, 0) is 13.1 Å². The number of nitrogens with zero attached hydrogens (tertiary/aromatic N) is 2. The molecule has 14 heavy (non-hydrogen) atoms. The highest BCUT2D eigenvalue weighted by Gasteiger charge is 2.04. The van der Waals surface area contributed by atoms with Gasteiger partial charge in [0, 0.05) is 36.9 Å². The van der Waals surface area contributed by atoms with Crippen LogP contribution >= 0.6 is 11.3 Å². The molecule has 0 unspecified atom stereocenters. The van der Waals surface area contributed by atoms with Crippen molar-refractivity contribution in [2.75, 3.05) is 7.05 Å². The maximum atomic E-state index is 4.53. The second-order valence-corrected chi connectivity index (χ2v) is 4.17. The highest BCUT2D eigenvalue weighted by Crippen LogP contribution is 2.21. The third kappa shape index (κ3) is 1.86. The second-order valence-electron chi connectivity index (χ2n) is 3.22. The Morgan fingerprint density at radius 2 is 2.43 bits per heavy atom. The van der Waals surface area contributed by atoms with Crippen molar-refractivity contribution in [3.63, 3.8) is 0 Å². The van der Waals surface area contributed by atoms with Gasteiger partial charge in [0.2, 0.25) is 0 Å². The predicted octanol–water partition coefficient (Wildman–Crippen LogP) is 1.87. The number of hydrogen-bond donors (Lipinski definition) is 1. The summed E-state index contributed by atoms with van der Waals surface area (Å²) < 4.78 is 2.03. The zero-order valence-corrected chi connectivity index (χ0v) is 9.14. The zero-order chi connectivity index (χ0) is 9.97. The Kier molecular flexibility index (Phi) is 2.65. The lowest BCUT2D eigenvalue weighted by Gasteiger charge is -1.91. The Balaban J connectivity index is 2.24. The third-order valence-electron chi connectivity index (χ3n) is 2.01. The van der Waals surface area contributed by atoms with Crippen LogP contribution < -0.4 is 5.32 Å². The molecule has 0 amide bonds. The van der Waals surface area contributed by atoms with Gasteiger partial charge in [-0.15, -0.1) is 11.3 Å². The maximum absolute atomic E-state index is 4.53. The average Bonchev–Trinajstić information content (AvgIpc) is 2.74. The van der Waals surface area contributed by atoms with Crippen LogP contribution in [0.1, 0.15) is 5.01 Å². The minimum Gasteiger partial charge on any atom is -0.357 e. The van der Waals surface area contributed by atoms with Gasteiger partial charge in [0.25, 0.3) is 0 Å². The van der Waals surface area contributed by atoms with Crippen LogP contribution in [0.5, 0.6) is 0 Å². The van der Waals surface area contributed by atoms with E-state index in [9.17, 15) is 0 Å². The topological polar surface area (TPSA) is 29.9 Å². The first-order chi connectivity index (χ1) is 6.79. The first-order valence-corrected chi connectivity index (χ1v) is 5.39. The number of rotatable bonds is 3. The molecule has 0 aliphatic carbocycles. The lowest BCUT2D eigenvalue weighted by Crippen LogP contribution is -2.04. The van der Waals surface area contributed by atoms with Crippen molar-refractivity contribution in [3.8, 4) is 11.3 Å². The van der Waals surface area contributed by atoms with Gasteiger partial charge in [-0.25, -0.2) is 4.98 Å². The minimum absolute atomic E-state index is 0.845. The first kappa shape index (κ1) is 9.43. The van der Waals surface area contributed by atoms with Crippen LogP contribution in [-0.4, -0.2) is 16.6 Å². The Labute approximate surface area is 87.4 Å². The molecule has 0 aliphatic rings. The van der Waals surface area contributed by atoms with Gasteiger partial charge < -0.3 is 9.88 Å². The number of aromatic nitrogens is 2. The summed E-state index contributed by atoms with van der Waals surface area (Å²) in [5.74, 6) is 0. The Bertz CT molecular complexity index is 416. The molecular formula is C10H13N3S. The van der Waals surface area contributed by atoms with E-state index in [0.717, 1.165) is 17.2 Å². The zero-order valence-electron chi connectivity index (χ0n) is 8.32. The molecule has 0 aromatic carbocycles. The van der Waals surface area contributed by atoms with Gasteiger partial charge in [-0.3, -0.25) is 0 Å². The summed E-state index contributed by atoms with van der Waals surface area (Å²) in [5.41, 5.74) is 2.26. The van der Waals surface area contributed by atoms with Crippen LogP contribution in [0.2, 0.25) is 0 Å². The molecule has 0 aliphatic heterocycles. The van der Waals surface area contributed by atoms with Crippen molar-refractivity contribution in [2.45, 2.75) is 6.54 Å². The molecular weight excluding hydrogens is 194 g/mol. The number of nitrogens with one attached hydrogen (secondary N) is 1. The molecule has 1 N–H and O–H groups in total. The van der Waals surface area contributed by atoms with Gasteiger partial charge in [0.1, 0.15) is 5.01 Å². The fourth-order valence-electron chi connectivity index (χ4n) is 1.33. The molecule has 0 fully saturated rings. The van der Waals surface area contributed by atoms with Crippen LogP contribution in [0.4, 0.5) is 0 Å². The van der Waals surface area contributed by atoms with Crippen molar-refractivity contribution < 1.29 is 0 Å². The summed E-state index contributed by atoms with van der Waals surface area (Å²) in [6.07, 6.45) is 4.12. The van der Waals surface area contributed by atoms with Crippen molar-refractivity contribution in [2.24, 2.45) is 7.05 Å². The van der Waals surface area contributed by atoms with Gasteiger partial charge in [0.05, 0.1) is 5.69 Å². The predicted molar refractivity (Wildman–Crippen MR) is 59.3 cm³/mol. The lowest BCUT2D eigenvalue weighted by molar-refractivity contribution is 0.810. The summed E-state index contributed by atoms with van der Waals surface area (Å²) >= 11 is 1.70. The highest BCUT2D eigenvalue weighted by molar-refractivity contribution is 7.09. The van der Waals surface area contributed by atoms with E-state index in [1.165, 1.54) is 5.56 Å². The molecule has 2 heterocycles. The Hall–Kier alpha value is -1.13. The Morgan fingerprint density at radius 1 is 1.57 bits per heavy atom. The van der Waals surface area contributed by atoms with Gasteiger partial charge in [-0.1, -0.05) is 0 Å². The molecule has 0 atom stereocenters. The molecule has 0 bridgehead atoms. The van der Waals surface area contributed by atoms with Crippen molar-refractivity contribution in [1.29, 1.82) is 0 Å². The standard InChI is InChI=1S/C10H13N3S/c1-11-5-10-12-9(7-14-10)8-3-4-13(2)6-8/h3-4,6-7,11H,5H2,1-2H3. The largest absolute Gasteiger partial charge is 0.357 e. The molecule has 2 rings (SSSR count). The van der Waals surface area contributed by atoms with Crippen LogP contribution in [0.3, 0.4) is 0 Å². The molecule has 0 spiro atoms. The summed E-state index contributed by atoms with van der Waals surface area (Å²) in [5, 5.41) is 6.33. The van der Waals surface area contributed by atoms with Gasteiger partial charge in [0.15, 0.2) is 0 Å². The summed E-state index contributed by atoms with van der Waals surface area (Å²) in [6.45, 7) is 0.845. The van der Waals surface area contributed by atoms with E-state index in [4.69, 9.17) is 0 Å². The quantitative estimate of drug-likeness (QED) is 0.832. The van der Waals surface area contributed by atoms with Crippen molar-refractivity contribution in [3.05, 3.63) is 28.8 Å². The van der Waals surface area contributed by atoms with E-state index in [0.29, 0.717) is 0 Å². The van der Waals surface area contributed by atoms with E-state index in [1.54, 1.807) is 11.3 Å². The summed E-state index contributed by atoms with van der Waals surface area (Å²) in [6, 6.07) is 2.08. The van der Waals surface area contributed by atoms with E-state index < -0.39 is 0 Å². The SMILES string of the molecule is CNCc1nc(-c2ccn(C)c2)cs1. The van der Waals surface area contributed by atoms with Crippen LogP contribution in [0.25, 0.3) is 11.3 Å². The van der Waals surface area contributed by atoms with Gasteiger partial charge in [-0.2, -0.15) is 0 Å².